The molecule has 0 saturated carbocycles. The van der Waals surface area contributed by atoms with Gasteiger partial charge in [-0.05, 0) is 19.4 Å². The molecule has 0 aromatic carbocycles. The number of hydrogen-bond acceptors (Lipinski definition) is 3. The van der Waals surface area contributed by atoms with E-state index in [4.69, 9.17) is 5.11 Å². The highest BCUT2D eigenvalue weighted by Gasteiger charge is 2.18. The van der Waals surface area contributed by atoms with Crippen molar-refractivity contribution in [3.05, 3.63) is 0 Å². The molecule has 11 heavy (non-hydrogen) atoms. The third-order valence-corrected chi connectivity index (χ3v) is 2.25. The minimum Gasteiger partial charge on any atom is -0.394 e. The minimum atomic E-state index is -0.576. The predicted molar refractivity (Wildman–Crippen MR) is 43.4 cm³/mol. The number of aliphatic hydroxyl groups is 2. The molecular weight excluding hydrogens is 142 g/mol. The standard InChI is InChI=1S/C8H17NO2/c10-6-8(11)7-4-2-1-3-5-9-7/h7-11H,1-6H2. The van der Waals surface area contributed by atoms with Gasteiger partial charge in [-0.1, -0.05) is 12.8 Å². The molecule has 1 aliphatic rings. The summed E-state index contributed by atoms with van der Waals surface area (Å²) in [6.45, 7) is 0.847. The first kappa shape index (κ1) is 8.97. The van der Waals surface area contributed by atoms with Crippen LogP contribution in [-0.2, 0) is 0 Å². The lowest BCUT2D eigenvalue weighted by atomic mass is 10.1. The minimum absolute atomic E-state index is 0.113. The Balaban J connectivity index is 2.30. The van der Waals surface area contributed by atoms with E-state index in [9.17, 15) is 5.11 Å². The summed E-state index contributed by atoms with van der Waals surface area (Å²) in [4.78, 5) is 0. The molecule has 3 N–H and O–H groups in total. The molecule has 1 saturated heterocycles. The number of rotatable bonds is 2. The predicted octanol–water partition coefficient (Wildman–Crippen LogP) is -0.128. The van der Waals surface area contributed by atoms with E-state index in [0.29, 0.717) is 0 Å². The lowest BCUT2D eigenvalue weighted by Crippen LogP contribution is -2.41. The maximum absolute atomic E-state index is 9.30. The van der Waals surface area contributed by atoms with E-state index in [1.807, 2.05) is 0 Å². The van der Waals surface area contributed by atoms with Crippen molar-refractivity contribution >= 4 is 0 Å². The molecule has 2 unspecified atom stereocenters. The first-order chi connectivity index (χ1) is 5.34. The van der Waals surface area contributed by atoms with E-state index in [-0.39, 0.29) is 12.6 Å². The van der Waals surface area contributed by atoms with Crippen LogP contribution in [0.1, 0.15) is 25.7 Å². The van der Waals surface area contributed by atoms with Gasteiger partial charge in [-0.25, -0.2) is 0 Å². The molecule has 1 fully saturated rings. The maximum atomic E-state index is 9.30. The maximum Gasteiger partial charge on any atom is 0.0923 e. The summed E-state index contributed by atoms with van der Waals surface area (Å²) < 4.78 is 0. The average Bonchev–Trinajstić information content (AvgIpc) is 2.30. The zero-order chi connectivity index (χ0) is 8.10. The Kier molecular flexibility index (Phi) is 3.83. The van der Waals surface area contributed by atoms with Gasteiger partial charge in [0.15, 0.2) is 0 Å². The number of hydrogen-bond donors (Lipinski definition) is 3. The van der Waals surface area contributed by atoms with Gasteiger partial charge in [0.2, 0.25) is 0 Å². The van der Waals surface area contributed by atoms with Crippen molar-refractivity contribution in [1.29, 1.82) is 0 Å². The van der Waals surface area contributed by atoms with Crippen LogP contribution in [0.15, 0.2) is 0 Å². The van der Waals surface area contributed by atoms with Crippen LogP contribution in [0.3, 0.4) is 0 Å². The zero-order valence-electron chi connectivity index (χ0n) is 6.79. The molecule has 0 amide bonds. The summed E-state index contributed by atoms with van der Waals surface area (Å²) in [7, 11) is 0. The molecule has 0 radical (unpaired) electrons. The van der Waals surface area contributed by atoms with E-state index in [1.165, 1.54) is 12.8 Å². The molecule has 0 aromatic heterocycles. The van der Waals surface area contributed by atoms with Crippen molar-refractivity contribution in [2.75, 3.05) is 13.2 Å². The van der Waals surface area contributed by atoms with E-state index in [0.717, 1.165) is 19.4 Å². The Morgan fingerprint density at radius 2 is 2.18 bits per heavy atom. The number of aliphatic hydroxyl groups excluding tert-OH is 2. The molecule has 0 bridgehead atoms. The molecule has 0 aliphatic carbocycles. The quantitative estimate of drug-likeness (QED) is 0.526. The van der Waals surface area contributed by atoms with Gasteiger partial charge in [0, 0.05) is 6.04 Å². The average molecular weight is 159 g/mol. The normalized spacial score (nSPS) is 29.5. The van der Waals surface area contributed by atoms with Crippen molar-refractivity contribution in [3.63, 3.8) is 0 Å². The van der Waals surface area contributed by atoms with Crippen molar-refractivity contribution in [2.24, 2.45) is 0 Å². The summed E-state index contributed by atoms with van der Waals surface area (Å²) >= 11 is 0. The second-order valence-corrected chi connectivity index (χ2v) is 3.16. The Morgan fingerprint density at radius 1 is 1.36 bits per heavy atom. The lowest BCUT2D eigenvalue weighted by Gasteiger charge is -2.19. The van der Waals surface area contributed by atoms with Crippen molar-refractivity contribution < 1.29 is 10.2 Å². The molecule has 2 atom stereocenters. The summed E-state index contributed by atoms with van der Waals surface area (Å²) in [6.07, 6.45) is 4.00. The van der Waals surface area contributed by atoms with Gasteiger partial charge in [0.25, 0.3) is 0 Å². The second-order valence-electron chi connectivity index (χ2n) is 3.16. The molecule has 0 spiro atoms. The van der Waals surface area contributed by atoms with Gasteiger partial charge >= 0.3 is 0 Å². The fourth-order valence-corrected chi connectivity index (χ4v) is 1.51. The molecule has 66 valence electrons. The second kappa shape index (κ2) is 4.70. The van der Waals surface area contributed by atoms with E-state index in [1.54, 1.807) is 0 Å². The van der Waals surface area contributed by atoms with Gasteiger partial charge in [-0.2, -0.15) is 0 Å². The topological polar surface area (TPSA) is 52.5 Å². The molecule has 3 nitrogen and oxygen atoms in total. The highest BCUT2D eigenvalue weighted by molar-refractivity contribution is 4.77. The highest BCUT2D eigenvalue weighted by Crippen LogP contribution is 2.10. The Hall–Kier alpha value is -0.120. The first-order valence-corrected chi connectivity index (χ1v) is 4.37. The van der Waals surface area contributed by atoms with Crippen LogP contribution in [0, 0.1) is 0 Å². The number of nitrogens with one attached hydrogen (secondary N) is 1. The van der Waals surface area contributed by atoms with Crippen molar-refractivity contribution in [2.45, 2.75) is 37.8 Å². The van der Waals surface area contributed by atoms with Crippen LogP contribution in [0.2, 0.25) is 0 Å². The van der Waals surface area contributed by atoms with Crippen LogP contribution in [-0.4, -0.2) is 35.5 Å². The Bertz CT molecular complexity index is 100. The lowest BCUT2D eigenvalue weighted by molar-refractivity contribution is 0.0616. The van der Waals surface area contributed by atoms with E-state index >= 15 is 0 Å². The van der Waals surface area contributed by atoms with Gasteiger partial charge in [0.05, 0.1) is 12.7 Å². The smallest absolute Gasteiger partial charge is 0.0923 e. The Labute approximate surface area is 67.4 Å². The van der Waals surface area contributed by atoms with Crippen LogP contribution in [0.25, 0.3) is 0 Å². The summed E-state index contributed by atoms with van der Waals surface area (Å²) in [5.41, 5.74) is 0. The van der Waals surface area contributed by atoms with Gasteiger partial charge in [-0.15, -0.1) is 0 Å². The van der Waals surface area contributed by atoms with Crippen molar-refractivity contribution in [1.82, 2.24) is 5.32 Å². The Morgan fingerprint density at radius 3 is 2.91 bits per heavy atom. The van der Waals surface area contributed by atoms with Crippen LogP contribution >= 0.6 is 0 Å². The molecule has 1 aliphatic heterocycles. The summed E-state index contributed by atoms with van der Waals surface area (Å²) in [5.74, 6) is 0. The van der Waals surface area contributed by atoms with E-state index in [2.05, 4.69) is 5.32 Å². The fourth-order valence-electron chi connectivity index (χ4n) is 1.51. The van der Waals surface area contributed by atoms with Crippen LogP contribution in [0.4, 0.5) is 0 Å². The van der Waals surface area contributed by atoms with Gasteiger partial charge in [-0.3, -0.25) is 0 Å². The summed E-state index contributed by atoms with van der Waals surface area (Å²) in [6, 6.07) is 0.113. The SMILES string of the molecule is OCC(O)C1CCCCCN1. The van der Waals surface area contributed by atoms with Gasteiger partial charge < -0.3 is 15.5 Å². The summed E-state index contributed by atoms with van der Waals surface area (Å²) in [5, 5.41) is 21.2. The third kappa shape index (κ3) is 2.77. The van der Waals surface area contributed by atoms with E-state index < -0.39 is 6.10 Å². The molecular formula is C8H17NO2. The van der Waals surface area contributed by atoms with Crippen LogP contribution in [0.5, 0.6) is 0 Å². The molecule has 1 heterocycles. The van der Waals surface area contributed by atoms with Crippen LogP contribution < -0.4 is 5.32 Å². The molecule has 1 rings (SSSR count). The monoisotopic (exact) mass is 159 g/mol. The van der Waals surface area contributed by atoms with Gasteiger partial charge in [0.1, 0.15) is 0 Å². The zero-order valence-corrected chi connectivity index (χ0v) is 6.79. The molecule has 3 heteroatoms. The highest BCUT2D eigenvalue weighted by atomic mass is 16.3. The fraction of sp³-hybridized carbons (Fsp3) is 1.00. The van der Waals surface area contributed by atoms with Crippen molar-refractivity contribution in [3.8, 4) is 0 Å². The molecule has 0 aromatic rings. The largest absolute Gasteiger partial charge is 0.394 e. The third-order valence-electron chi connectivity index (χ3n) is 2.25. The first-order valence-electron chi connectivity index (χ1n) is 4.37.